The molecular weight excluding hydrogens is 374 g/mol. The van der Waals surface area contributed by atoms with Gasteiger partial charge < -0.3 is 10.6 Å². The van der Waals surface area contributed by atoms with Crippen LogP contribution in [-0.2, 0) is 0 Å². The highest BCUT2D eigenvalue weighted by Crippen LogP contribution is 2.22. The van der Waals surface area contributed by atoms with Crippen molar-refractivity contribution in [3.05, 3.63) is 94.0 Å². The number of aryl methyl sites for hydroxylation is 1. The number of hydrogen-bond acceptors (Lipinski definition) is 3. The average molecular weight is 390 g/mol. The topological polar surface area (TPSA) is 82.0 Å². The molecule has 0 aromatic heterocycles. The minimum absolute atomic E-state index is 0.250. The molecule has 0 heterocycles. The Bertz CT molecular complexity index is 1090. The average Bonchev–Trinajstić information content (AvgIpc) is 2.70. The lowest BCUT2D eigenvalue weighted by atomic mass is 10.1. The van der Waals surface area contributed by atoms with Crippen molar-refractivity contribution >= 4 is 34.8 Å². The summed E-state index contributed by atoms with van der Waals surface area (Å²) in [5.74, 6) is -0.601. The van der Waals surface area contributed by atoms with E-state index in [0.717, 1.165) is 5.56 Å². The van der Waals surface area contributed by atoms with Gasteiger partial charge in [-0.2, -0.15) is 5.26 Å². The summed E-state index contributed by atoms with van der Waals surface area (Å²) in [5, 5.41) is 14.8. The molecule has 0 unspecified atom stereocenters. The SMILES string of the molecule is Cc1ccc(C(=O)Nc2ccc(C#N)c(Cl)c2)cc1NC(=O)c1ccccc1. The summed E-state index contributed by atoms with van der Waals surface area (Å²) in [6.45, 7) is 1.85. The van der Waals surface area contributed by atoms with Gasteiger partial charge in [0, 0.05) is 22.5 Å². The van der Waals surface area contributed by atoms with Gasteiger partial charge in [-0.25, -0.2) is 0 Å². The van der Waals surface area contributed by atoms with Gasteiger partial charge in [0.05, 0.1) is 10.6 Å². The Morgan fingerprint density at radius 2 is 1.61 bits per heavy atom. The van der Waals surface area contributed by atoms with Gasteiger partial charge in [-0.1, -0.05) is 35.9 Å². The van der Waals surface area contributed by atoms with Gasteiger partial charge >= 0.3 is 0 Å². The molecule has 5 nitrogen and oxygen atoms in total. The lowest BCUT2D eigenvalue weighted by Crippen LogP contribution is -2.15. The molecule has 3 aromatic rings. The molecule has 3 aromatic carbocycles. The fourth-order valence-corrected chi connectivity index (χ4v) is 2.79. The molecule has 0 saturated heterocycles. The summed E-state index contributed by atoms with van der Waals surface area (Å²) >= 11 is 6.00. The fraction of sp³-hybridized carbons (Fsp3) is 0.0455. The third-order valence-corrected chi connectivity index (χ3v) is 4.44. The zero-order valence-electron chi connectivity index (χ0n) is 15.0. The van der Waals surface area contributed by atoms with Gasteiger partial charge in [-0.05, 0) is 55.0 Å². The van der Waals surface area contributed by atoms with E-state index in [1.807, 2.05) is 19.1 Å². The number of benzene rings is 3. The van der Waals surface area contributed by atoms with E-state index < -0.39 is 0 Å². The molecule has 0 saturated carbocycles. The number of nitriles is 1. The van der Waals surface area contributed by atoms with Crippen molar-refractivity contribution in [3.8, 4) is 6.07 Å². The van der Waals surface area contributed by atoms with Crippen molar-refractivity contribution in [1.82, 2.24) is 0 Å². The quantitative estimate of drug-likeness (QED) is 0.656. The van der Waals surface area contributed by atoms with Crippen LogP contribution in [0.3, 0.4) is 0 Å². The van der Waals surface area contributed by atoms with Gasteiger partial charge in [0.25, 0.3) is 11.8 Å². The number of nitrogens with one attached hydrogen (secondary N) is 2. The summed E-state index contributed by atoms with van der Waals surface area (Å²) in [6, 6.07) is 20.5. The largest absolute Gasteiger partial charge is 0.322 e. The molecule has 0 radical (unpaired) electrons. The number of carbonyl (C=O) groups is 2. The summed E-state index contributed by atoms with van der Waals surface area (Å²) in [5.41, 5.74) is 3.12. The third kappa shape index (κ3) is 4.37. The second-order valence-electron chi connectivity index (χ2n) is 6.11. The zero-order chi connectivity index (χ0) is 20.1. The van der Waals surface area contributed by atoms with Crippen LogP contribution in [0.15, 0.2) is 66.7 Å². The molecule has 0 aliphatic heterocycles. The molecule has 0 bridgehead atoms. The number of halogens is 1. The van der Waals surface area contributed by atoms with Crippen LogP contribution in [-0.4, -0.2) is 11.8 Å². The van der Waals surface area contributed by atoms with Gasteiger partial charge in [0.1, 0.15) is 6.07 Å². The zero-order valence-corrected chi connectivity index (χ0v) is 15.7. The number of nitrogens with zero attached hydrogens (tertiary/aromatic N) is 1. The van der Waals surface area contributed by atoms with Crippen molar-refractivity contribution in [2.75, 3.05) is 10.6 Å². The standard InChI is InChI=1S/C22H16ClN3O2/c1-14-7-8-16(11-20(14)26-21(27)15-5-3-2-4-6-15)22(28)25-18-10-9-17(13-24)19(23)12-18/h2-12H,1H3,(H,25,28)(H,26,27). The molecule has 0 aliphatic rings. The van der Waals surface area contributed by atoms with E-state index in [1.54, 1.807) is 54.6 Å². The van der Waals surface area contributed by atoms with Crippen molar-refractivity contribution in [2.45, 2.75) is 6.92 Å². The van der Waals surface area contributed by atoms with Crippen LogP contribution < -0.4 is 10.6 Å². The molecule has 0 fully saturated rings. The number of anilines is 2. The maximum Gasteiger partial charge on any atom is 0.255 e. The van der Waals surface area contributed by atoms with Crippen molar-refractivity contribution in [3.63, 3.8) is 0 Å². The van der Waals surface area contributed by atoms with E-state index in [1.165, 1.54) is 6.07 Å². The Morgan fingerprint density at radius 1 is 0.893 bits per heavy atom. The minimum atomic E-state index is -0.351. The second-order valence-corrected chi connectivity index (χ2v) is 6.52. The first kappa shape index (κ1) is 19.2. The Hall–Kier alpha value is -3.62. The van der Waals surface area contributed by atoms with E-state index >= 15 is 0 Å². The van der Waals surface area contributed by atoms with E-state index in [4.69, 9.17) is 16.9 Å². The number of carbonyl (C=O) groups excluding carboxylic acids is 2. The van der Waals surface area contributed by atoms with Crippen LogP contribution in [0.5, 0.6) is 0 Å². The monoisotopic (exact) mass is 389 g/mol. The van der Waals surface area contributed by atoms with Crippen molar-refractivity contribution < 1.29 is 9.59 Å². The summed E-state index contributed by atoms with van der Waals surface area (Å²) in [6.07, 6.45) is 0. The van der Waals surface area contributed by atoms with Crippen LogP contribution in [0.1, 0.15) is 31.8 Å². The summed E-state index contributed by atoms with van der Waals surface area (Å²) in [4.78, 5) is 25.0. The molecule has 2 amide bonds. The van der Waals surface area contributed by atoms with Gasteiger partial charge in [0.15, 0.2) is 0 Å². The summed E-state index contributed by atoms with van der Waals surface area (Å²) in [7, 11) is 0. The Labute approximate surface area is 167 Å². The first-order valence-corrected chi connectivity index (χ1v) is 8.84. The Kier molecular flexibility index (Phi) is 5.73. The smallest absolute Gasteiger partial charge is 0.255 e. The van der Waals surface area contributed by atoms with E-state index in [-0.39, 0.29) is 16.8 Å². The van der Waals surface area contributed by atoms with Gasteiger partial charge in [-0.15, -0.1) is 0 Å². The van der Waals surface area contributed by atoms with E-state index in [9.17, 15) is 9.59 Å². The molecule has 6 heteroatoms. The highest BCUT2D eigenvalue weighted by atomic mass is 35.5. The van der Waals surface area contributed by atoms with E-state index in [0.29, 0.717) is 28.1 Å². The van der Waals surface area contributed by atoms with Crippen LogP contribution in [0.25, 0.3) is 0 Å². The van der Waals surface area contributed by atoms with Gasteiger partial charge in [0.2, 0.25) is 0 Å². The number of hydrogen-bond donors (Lipinski definition) is 2. The van der Waals surface area contributed by atoms with Crippen molar-refractivity contribution in [1.29, 1.82) is 5.26 Å². The van der Waals surface area contributed by atoms with Crippen LogP contribution >= 0.6 is 11.6 Å². The van der Waals surface area contributed by atoms with Crippen LogP contribution in [0.2, 0.25) is 5.02 Å². The predicted molar refractivity (Wildman–Crippen MR) is 110 cm³/mol. The first-order chi connectivity index (χ1) is 13.5. The lowest BCUT2D eigenvalue weighted by Gasteiger charge is -2.11. The molecule has 2 N–H and O–H groups in total. The Morgan fingerprint density at radius 3 is 2.29 bits per heavy atom. The van der Waals surface area contributed by atoms with Gasteiger partial charge in [-0.3, -0.25) is 9.59 Å². The maximum absolute atomic E-state index is 12.6. The molecule has 3 rings (SSSR count). The normalized spacial score (nSPS) is 10.0. The first-order valence-electron chi connectivity index (χ1n) is 8.46. The van der Waals surface area contributed by atoms with Crippen LogP contribution in [0, 0.1) is 18.3 Å². The number of rotatable bonds is 4. The third-order valence-electron chi connectivity index (χ3n) is 4.13. The molecular formula is C22H16ClN3O2. The predicted octanol–water partition coefficient (Wildman–Crippen LogP) is 5.02. The van der Waals surface area contributed by atoms with Crippen molar-refractivity contribution in [2.24, 2.45) is 0 Å². The minimum Gasteiger partial charge on any atom is -0.322 e. The van der Waals surface area contributed by atoms with Crippen LogP contribution in [0.4, 0.5) is 11.4 Å². The lowest BCUT2D eigenvalue weighted by molar-refractivity contribution is 0.101. The molecule has 0 spiro atoms. The van der Waals surface area contributed by atoms with E-state index in [2.05, 4.69) is 10.6 Å². The Balaban J connectivity index is 1.78. The molecule has 0 atom stereocenters. The molecule has 138 valence electrons. The summed E-state index contributed by atoms with van der Waals surface area (Å²) < 4.78 is 0. The highest BCUT2D eigenvalue weighted by Gasteiger charge is 2.12. The molecule has 0 aliphatic carbocycles. The fourth-order valence-electron chi connectivity index (χ4n) is 2.57. The maximum atomic E-state index is 12.6. The second kappa shape index (κ2) is 8.38. The molecule has 28 heavy (non-hydrogen) atoms. The number of amides is 2. The highest BCUT2D eigenvalue weighted by molar-refractivity contribution is 6.32.